The van der Waals surface area contributed by atoms with Gasteiger partial charge in [0.25, 0.3) is 0 Å². The zero-order valence-corrected chi connectivity index (χ0v) is 11.5. The van der Waals surface area contributed by atoms with Gasteiger partial charge in [-0.1, -0.05) is 27.7 Å². The molecule has 1 aliphatic rings. The van der Waals surface area contributed by atoms with Gasteiger partial charge in [0, 0.05) is 18.4 Å². The Kier molecular flexibility index (Phi) is 2.04. The summed E-state index contributed by atoms with van der Waals surface area (Å²) in [5, 5.41) is 11.8. The van der Waals surface area contributed by atoms with Gasteiger partial charge in [-0.3, -0.25) is 4.40 Å². The van der Waals surface area contributed by atoms with Crippen molar-refractivity contribution in [2.24, 2.45) is 10.8 Å². The van der Waals surface area contributed by atoms with E-state index in [0.717, 1.165) is 17.3 Å². The summed E-state index contributed by atoms with van der Waals surface area (Å²) in [7, 11) is 0. The van der Waals surface area contributed by atoms with Crippen LogP contribution in [0.25, 0.3) is 5.65 Å². The molecule has 2 aromatic rings. The van der Waals surface area contributed by atoms with E-state index in [1.54, 1.807) is 6.20 Å². The third-order valence-electron chi connectivity index (χ3n) is 4.80. The van der Waals surface area contributed by atoms with Crippen LogP contribution < -0.4 is 5.32 Å². The molecule has 96 valence electrons. The first-order valence-corrected chi connectivity index (χ1v) is 6.28. The van der Waals surface area contributed by atoms with E-state index in [9.17, 15) is 0 Å². The Morgan fingerprint density at radius 2 is 1.83 bits per heavy atom. The molecule has 2 heterocycles. The number of fused-ring (bicyclic) bond motifs is 1. The number of hydrogen-bond acceptors (Lipinski definition) is 4. The van der Waals surface area contributed by atoms with Crippen molar-refractivity contribution in [1.29, 1.82) is 0 Å². The Morgan fingerprint density at radius 3 is 2.44 bits per heavy atom. The normalized spacial score (nSPS) is 21.2. The van der Waals surface area contributed by atoms with Crippen LogP contribution in [-0.2, 0) is 0 Å². The molecule has 2 aromatic heterocycles. The minimum atomic E-state index is 0.274. The molecule has 18 heavy (non-hydrogen) atoms. The average molecular weight is 245 g/mol. The first kappa shape index (κ1) is 11.4. The quantitative estimate of drug-likeness (QED) is 0.882. The number of hydrogen-bond donors (Lipinski definition) is 1. The Balaban J connectivity index is 1.98. The zero-order chi connectivity index (χ0) is 13.1. The van der Waals surface area contributed by atoms with Crippen LogP contribution in [0.2, 0.25) is 0 Å². The van der Waals surface area contributed by atoms with Crippen molar-refractivity contribution in [1.82, 2.24) is 19.6 Å². The van der Waals surface area contributed by atoms with E-state index in [1.807, 2.05) is 17.5 Å². The van der Waals surface area contributed by atoms with E-state index < -0.39 is 0 Å². The third-order valence-corrected chi connectivity index (χ3v) is 4.80. The number of aryl methyl sites for hydroxylation is 1. The van der Waals surface area contributed by atoms with Gasteiger partial charge in [0.15, 0.2) is 5.82 Å². The topological polar surface area (TPSA) is 55.1 Å². The summed E-state index contributed by atoms with van der Waals surface area (Å²) < 4.78 is 1.96. The van der Waals surface area contributed by atoms with Gasteiger partial charge >= 0.3 is 0 Å². The third kappa shape index (κ3) is 1.30. The standard InChI is InChI=1S/C13H19N5/c1-8-16-17-10-9(14-6-7-18(8)10)15-11-12(2,3)13(11,4)5/h6-7,11H,1-5H3,(H,14,15). The highest BCUT2D eigenvalue weighted by Crippen LogP contribution is 2.63. The minimum absolute atomic E-state index is 0.274. The first-order valence-electron chi connectivity index (χ1n) is 6.28. The number of rotatable bonds is 2. The molecule has 0 aromatic carbocycles. The molecule has 0 aliphatic heterocycles. The molecule has 0 radical (unpaired) electrons. The summed E-state index contributed by atoms with van der Waals surface area (Å²) in [5.41, 5.74) is 1.35. The van der Waals surface area contributed by atoms with Gasteiger partial charge in [0.2, 0.25) is 5.65 Å². The van der Waals surface area contributed by atoms with Crippen molar-refractivity contribution in [2.45, 2.75) is 40.7 Å². The number of anilines is 1. The molecule has 0 bridgehead atoms. The van der Waals surface area contributed by atoms with E-state index in [4.69, 9.17) is 0 Å². The molecule has 0 saturated heterocycles. The molecular formula is C13H19N5. The second kappa shape index (κ2) is 3.22. The summed E-state index contributed by atoms with van der Waals surface area (Å²) >= 11 is 0. The van der Waals surface area contributed by atoms with Crippen LogP contribution in [0.3, 0.4) is 0 Å². The fourth-order valence-corrected chi connectivity index (χ4v) is 2.74. The monoisotopic (exact) mass is 245 g/mol. The lowest BCUT2D eigenvalue weighted by molar-refractivity contribution is 0.457. The molecule has 1 fully saturated rings. The Bertz CT molecular complexity index is 597. The van der Waals surface area contributed by atoms with Crippen LogP contribution >= 0.6 is 0 Å². The van der Waals surface area contributed by atoms with Crippen molar-refractivity contribution >= 4 is 11.5 Å². The number of nitrogens with zero attached hydrogens (tertiary/aromatic N) is 4. The lowest BCUT2D eigenvalue weighted by Crippen LogP contribution is -2.12. The van der Waals surface area contributed by atoms with Crippen LogP contribution in [0, 0.1) is 17.8 Å². The van der Waals surface area contributed by atoms with E-state index in [1.165, 1.54) is 0 Å². The Labute approximate surface area is 107 Å². The van der Waals surface area contributed by atoms with E-state index in [-0.39, 0.29) is 10.8 Å². The summed E-state index contributed by atoms with van der Waals surface area (Å²) in [6, 6.07) is 0.417. The fourth-order valence-electron chi connectivity index (χ4n) is 2.74. The van der Waals surface area contributed by atoms with Crippen molar-refractivity contribution in [2.75, 3.05) is 5.32 Å². The smallest absolute Gasteiger partial charge is 0.203 e. The molecule has 1 aliphatic carbocycles. The predicted molar refractivity (Wildman–Crippen MR) is 70.5 cm³/mol. The van der Waals surface area contributed by atoms with E-state index in [2.05, 4.69) is 48.2 Å². The molecule has 0 atom stereocenters. The van der Waals surface area contributed by atoms with Gasteiger partial charge in [-0.2, -0.15) is 0 Å². The molecule has 3 rings (SSSR count). The zero-order valence-electron chi connectivity index (χ0n) is 11.5. The lowest BCUT2D eigenvalue weighted by atomic mass is 10.0. The van der Waals surface area contributed by atoms with Crippen LogP contribution in [0.1, 0.15) is 33.5 Å². The summed E-state index contributed by atoms with van der Waals surface area (Å²) in [5.74, 6) is 1.70. The van der Waals surface area contributed by atoms with Gasteiger partial charge in [-0.25, -0.2) is 4.98 Å². The highest BCUT2D eigenvalue weighted by Gasteiger charge is 2.65. The molecule has 0 spiro atoms. The largest absolute Gasteiger partial charge is 0.363 e. The minimum Gasteiger partial charge on any atom is -0.363 e. The van der Waals surface area contributed by atoms with Crippen molar-refractivity contribution in [3.05, 3.63) is 18.2 Å². The van der Waals surface area contributed by atoms with Gasteiger partial charge < -0.3 is 5.32 Å². The number of nitrogens with one attached hydrogen (secondary N) is 1. The van der Waals surface area contributed by atoms with Gasteiger partial charge in [0.1, 0.15) is 5.82 Å². The van der Waals surface area contributed by atoms with Crippen LogP contribution in [-0.4, -0.2) is 25.6 Å². The summed E-state index contributed by atoms with van der Waals surface area (Å²) in [6.45, 7) is 11.0. The lowest BCUT2D eigenvalue weighted by Gasteiger charge is -2.07. The van der Waals surface area contributed by atoms with Crippen LogP contribution in [0.15, 0.2) is 12.4 Å². The highest BCUT2D eigenvalue weighted by molar-refractivity contribution is 5.63. The van der Waals surface area contributed by atoms with Crippen molar-refractivity contribution in [3.8, 4) is 0 Å². The molecule has 1 saturated carbocycles. The van der Waals surface area contributed by atoms with E-state index in [0.29, 0.717) is 6.04 Å². The Hall–Kier alpha value is -1.65. The van der Waals surface area contributed by atoms with Gasteiger partial charge in [-0.05, 0) is 17.8 Å². The van der Waals surface area contributed by atoms with Gasteiger partial charge in [0.05, 0.1) is 0 Å². The molecule has 5 nitrogen and oxygen atoms in total. The highest BCUT2D eigenvalue weighted by atomic mass is 15.3. The Morgan fingerprint density at radius 1 is 1.17 bits per heavy atom. The maximum Gasteiger partial charge on any atom is 0.203 e. The maximum absolute atomic E-state index is 4.40. The molecule has 0 amide bonds. The number of aromatic nitrogens is 4. The summed E-state index contributed by atoms with van der Waals surface area (Å²) in [4.78, 5) is 4.40. The summed E-state index contributed by atoms with van der Waals surface area (Å²) in [6.07, 6.45) is 3.67. The van der Waals surface area contributed by atoms with Crippen molar-refractivity contribution in [3.63, 3.8) is 0 Å². The van der Waals surface area contributed by atoms with Crippen LogP contribution in [0.4, 0.5) is 5.82 Å². The molecule has 5 heteroatoms. The average Bonchev–Trinajstić information content (AvgIpc) is 2.64. The van der Waals surface area contributed by atoms with Crippen LogP contribution in [0.5, 0.6) is 0 Å². The molecule has 0 unspecified atom stereocenters. The second-order valence-corrected chi connectivity index (χ2v) is 6.24. The van der Waals surface area contributed by atoms with Crippen molar-refractivity contribution < 1.29 is 0 Å². The van der Waals surface area contributed by atoms with Gasteiger partial charge in [-0.15, -0.1) is 10.2 Å². The predicted octanol–water partition coefficient (Wildman–Crippen LogP) is 2.28. The fraction of sp³-hybridized carbons (Fsp3) is 0.615. The van der Waals surface area contributed by atoms with E-state index >= 15 is 0 Å². The first-order chi connectivity index (χ1) is 8.35. The second-order valence-electron chi connectivity index (χ2n) is 6.24. The molecular weight excluding hydrogens is 226 g/mol. The SMILES string of the molecule is Cc1nnc2c(NC3C(C)(C)C3(C)C)nccn12. The maximum atomic E-state index is 4.40. The molecule has 1 N–H and O–H groups in total.